The number of hydrogen-bond donors (Lipinski definition) is 1. The molecule has 126 valence electrons. The Morgan fingerprint density at radius 3 is 2.96 bits per heavy atom. The third-order valence-electron chi connectivity index (χ3n) is 4.78. The molecule has 0 fully saturated rings. The fourth-order valence-corrected chi connectivity index (χ4v) is 4.56. The van der Waals surface area contributed by atoms with Crippen LogP contribution in [0.3, 0.4) is 0 Å². The minimum atomic E-state index is -0.176. The van der Waals surface area contributed by atoms with E-state index in [0.29, 0.717) is 21.8 Å². The Hall–Kier alpha value is -2.65. The second kappa shape index (κ2) is 6.01. The first kappa shape index (κ1) is 15.9. The first-order valence-electron chi connectivity index (χ1n) is 8.27. The summed E-state index contributed by atoms with van der Waals surface area (Å²) in [6.45, 7) is 4.04. The van der Waals surface area contributed by atoms with Crippen LogP contribution in [0.25, 0.3) is 11.0 Å². The number of nitrogens with zero attached hydrogens (tertiary/aromatic N) is 2. The Balaban J connectivity index is 1.58. The summed E-state index contributed by atoms with van der Waals surface area (Å²) in [7, 11) is 0. The van der Waals surface area contributed by atoms with Crippen molar-refractivity contribution >= 4 is 33.2 Å². The summed E-state index contributed by atoms with van der Waals surface area (Å²) in [5, 5.41) is 17.9. The van der Waals surface area contributed by atoms with E-state index in [1.54, 1.807) is 0 Å². The van der Waals surface area contributed by atoms with Gasteiger partial charge in [0.2, 0.25) is 5.91 Å². The van der Waals surface area contributed by atoms with E-state index in [9.17, 15) is 10.1 Å². The van der Waals surface area contributed by atoms with Gasteiger partial charge in [-0.25, -0.2) is 0 Å². The molecule has 0 bridgehead atoms. The number of thiophene rings is 1. The highest BCUT2D eigenvalue weighted by Gasteiger charge is 2.23. The van der Waals surface area contributed by atoms with E-state index in [-0.39, 0.29) is 12.3 Å². The van der Waals surface area contributed by atoms with Gasteiger partial charge in [0.1, 0.15) is 16.8 Å². The Morgan fingerprint density at radius 2 is 2.16 bits per heavy atom. The lowest BCUT2D eigenvalue weighted by molar-refractivity contribution is -0.115. The SMILES string of the molecule is Cc1cc2onc(CC(=O)Nc3sc4c(c3C#N)CCC4)c2cc1C. The quantitative estimate of drug-likeness (QED) is 0.772. The molecule has 6 heteroatoms. The van der Waals surface area contributed by atoms with Crippen molar-refractivity contribution in [3.8, 4) is 6.07 Å². The van der Waals surface area contributed by atoms with Crippen molar-refractivity contribution in [3.63, 3.8) is 0 Å². The number of hydrogen-bond acceptors (Lipinski definition) is 5. The van der Waals surface area contributed by atoms with Crippen molar-refractivity contribution in [1.29, 1.82) is 5.26 Å². The molecule has 0 aliphatic heterocycles. The van der Waals surface area contributed by atoms with Gasteiger partial charge in [-0.1, -0.05) is 5.16 Å². The van der Waals surface area contributed by atoms with E-state index in [1.165, 1.54) is 16.2 Å². The molecule has 4 rings (SSSR count). The van der Waals surface area contributed by atoms with Crippen LogP contribution in [-0.2, 0) is 24.1 Å². The highest BCUT2D eigenvalue weighted by atomic mass is 32.1. The molecule has 3 aromatic rings. The third-order valence-corrected chi connectivity index (χ3v) is 5.98. The maximum atomic E-state index is 12.5. The summed E-state index contributed by atoms with van der Waals surface area (Å²) in [6, 6.07) is 6.19. The summed E-state index contributed by atoms with van der Waals surface area (Å²) in [4.78, 5) is 13.7. The van der Waals surface area contributed by atoms with E-state index in [0.717, 1.165) is 41.3 Å². The molecule has 1 N–H and O–H groups in total. The summed E-state index contributed by atoms with van der Waals surface area (Å²) < 4.78 is 5.35. The maximum Gasteiger partial charge on any atom is 0.231 e. The van der Waals surface area contributed by atoms with Crippen molar-refractivity contribution in [1.82, 2.24) is 5.16 Å². The fourth-order valence-electron chi connectivity index (χ4n) is 3.31. The van der Waals surface area contributed by atoms with E-state index in [1.807, 2.05) is 26.0 Å². The van der Waals surface area contributed by atoms with Crippen LogP contribution in [0.4, 0.5) is 5.00 Å². The van der Waals surface area contributed by atoms with Crippen LogP contribution in [0.5, 0.6) is 0 Å². The van der Waals surface area contributed by atoms with Crippen LogP contribution in [0.2, 0.25) is 0 Å². The number of nitriles is 1. The van der Waals surface area contributed by atoms with Crippen LogP contribution in [0.15, 0.2) is 16.7 Å². The predicted octanol–water partition coefficient (Wildman–Crippen LogP) is 4.05. The molecule has 0 radical (unpaired) electrons. The van der Waals surface area contributed by atoms with Gasteiger partial charge in [-0.15, -0.1) is 11.3 Å². The van der Waals surface area contributed by atoms with Crippen molar-refractivity contribution in [3.05, 3.63) is 45.0 Å². The molecule has 0 saturated heterocycles. The number of fused-ring (bicyclic) bond motifs is 2. The zero-order valence-corrected chi connectivity index (χ0v) is 14.9. The minimum Gasteiger partial charge on any atom is -0.356 e. The Morgan fingerprint density at radius 1 is 1.36 bits per heavy atom. The van der Waals surface area contributed by atoms with Gasteiger partial charge in [0.15, 0.2) is 5.58 Å². The van der Waals surface area contributed by atoms with Gasteiger partial charge in [-0.2, -0.15) is 5.26 Å². The van der Waals surface area contributed by atoms with Crippen molar-refractivity contribution in [2.75, 3.05) is 5.32 Å². The van der Waals surface area contributed by atoms with Crippen molar-refractivity contribution < 1.29 is 9.32 Å². The second-order valence-electron chi connectivity index (χ2n) is 6.46. The Kier molecular flexibility index (Phi) is 3.81. The van der Waals surface area contributed by atoms with Crippen LogP contribution < -0.4 is 5.32 Å². The molecule has 1 aromatic carbocycles. The lowest BCUT2D eigenvalue weighted by Crippen LogP contribution is -2.14. The topological polar surface area (TPSA) is 78.9 Å². The van der Waals surface area contributed by atoms with Gasteiger partial charge < -0.3 is 9.84 Å². The molecule has 1 aliphatic rings. The highest BCUT2D eigenvalue weighted by Crippen LogP contribution is 2.38. The third kappa shape index (κ3) is 2.71. The molecule has 0 spiro atoms. The first-order chi connectivity index (χ1) is 12.1. The molecular weight excluding hydrogens is 334 g/mol. The molecule has 0 atom stereocenters. The van der Waals surface area contributed by atoms with Gasteiger partial charge in [0, 0.05) is 10.3 Å². The van der Waals surface area contributed by atoms with E-state index in [4.69, 9.17) is 4.52 Å². The van der Waals surface area contributed by atoms with Crippen LogP contribution in [0.1, 0.15) is 39.2 Å². The van der Waals surface area contributed by atoms with Gasteiger partial charge in [0.05, 0.1) is 12.0 Å². The maximum absolute atomic E-state index is 12.5. The lowest BCUT2D eigenvalue weighted by atomic mass is 10.1. The number of aromatic nitrogens is 1. The van der Waals surface area contributed by atoms with Crippen molar-refractivity contribution in [2.24, 2.45) is 0 Å². The van der Waals surface area contributed by atoms with Crippen molar-refractivity contribution in [2.45, 2.75) is 39.5 Å². The standard InChI is InChI=1S/C19H17N3O2S/c1-10-6-13-15(22-24-16(13)7-11(10)2)8-18(23)21-19-14(9-20)12-4-3-5-17(12)25-19/h6-7H,3-5,8H2,1-2H3,(H,21,23). The number of nitrogens with one attached hydrogen (secondary N) is 1. The monoisotopic (exact) mass is 351 g/mol. The zero-order valence-electron chi connectivity index (χ0n) is 14.1. The summed E-state index contributed by atoms with van der Waals surface area (Å²) in [5.41, 5.74) is 5.32. The predicted molar refractivity (Wildman–Crippen MR) is 96.9 cm³/mol. The largest absolute Gasteiger partial charge is 0.356 e. The van der Waals surface area contributed by atoms with Crippen LogP contribution in [-0.4, -0.2) is 11.1 Å². The van der Waals surface area contributed by atoms with Crippen LogP contribution >= 0.6 is 11.3 Å². The minimum absolute atomic E-state index is 0.128. The average Bonchev–Trinajstić information content (AvgIpc) is 3.24. The number of carbonyl (C=O) groups is 1. The van der Waals surface area contributed by atoms with E-state index in [2.05, 4.69) is 16.5 Å². The first-order valence-corrected chi connectivity index (χ1v) is 9.08. The number of benzene rings is 1. The Labute approximate surface area is 149 Å². The second-order valence-corrected chi connectivity index (χ2v) is 7.57. The molecule has 5 nitrogen and oxygen atoms in total. The van der Waals surface area contributed by atoms with E-state index >= 15 is 0 Å². The average molecular weight is 351 g/mol. The number of carbonyl (C=O) groups excluding carboxylic acids is 1. The zero-order chi connectivity index (χ0) is 17.6. The van der Waals surface area contributed by atoms with Gasteiger partial charge in [-0.3, -0.25) is 4.79 Å². The number of anilines is 1. The normalized spacial score (nSPS) is 13.0. The highest BCUT2D eigenvalue weighted by molar-refractivity contribution is 7.16. The molecule has 2 heterocycles. The fraction of sp³-hybridized carbons (Fsp3) is 0.316. The Bertz CT molecular complexity index is 1040. The molecule has 0 unspecified atom stereocenters. The molecule has 25 heavy (non-hydrogen) atoms. The van der Waals surface area contributed by atoms with Crippen LogP contribution in [0, 0.1) is 25.2 Å². The summed E-state index contributed by atoms with van der Waals surface area (Å²) >= 11 is 1.52. The smallest absolute Gasteiger partial charge is 0.231 e. The molecule has 1 amide bonds. The molecule has 1 aliphatic carbocycles. The molecule has 2 aromatic heterocycles. The van der Waals surface area contributed by atoms with Gasteiger partial charge in [-0.05, 0) is 61.9 Å². The molecular formula is C19H17N3O2S. The summed E-state index contributed by atoms with van der Waals surface area (Å²) in [5.74, 6) is -0.176. The number of rotatable bonds is 3. The number of amides is 1. The number of aryl methyl sites for hydroxylation is 3. The molecule has 0 saturated carbocycles. The van der Waals surface area contributed by atoms with Gasteiger partial charge >= 0.3 is 0 Å². The lowest BCUT2D eigenvalue weighted by Gasteiger charge is -2.03. The van der Waals surface area contributed by atoms with Gasteiger partial charge in [0.25, 0.3) is 0 Å². The summed E-state index contributed by atoms with van der Waals surface area (Å²) in [6.07, 6.45) is 3.14. The van der Waals surface area contributed by atoms with E-state index < -0.39 is 0 Å².